The fourth-order valence-electron chi connectivity index (χ4n) is 3.56. The van der Waals surface area contributed by atoms with Gasteiger partial charge in [0.1, 0.15) is 0 Å². The van der Waals surface area contributed by atoms with Crippen LogP contribution in [0.15, 0.2) is 12.3 Å². The second-order valence-corrected chi connectivity index (χ2v) is 6.76. The summed E-state index contributed by atoms with van der Waals surface area (Å²) in [5.41, 5.74) is 0.850. The minimum Gasteiger partial charge on any atom is -0.478 e. The third-order valence-electron chi connectivity index (χ3n) is 5.11. The van der Waals surface area contributed by atoms with Crippen molar-refractivity contribution in [2.45, 2.75) is 32.6 Å². The van der Waals surface area contributed by atoms with Crippen molar-refractivity contribution in [1.29, 1.82) is 0 Å². The molecule has 3 rings (SSSR count). The molecule has 134 valence electrons. The number of pyridine rings is 1. The third-order valence-corrected chi connectivity index (χ3v) is 5.11. The van der Waals surface area contributed by atoms with E-state index in [2.05, 4.69) is 4.98 Å². The van der Waals surface area contributed by atoms with E-state index in [0.717, 1.165) is 25.9 Å². The Morgan fingerprint density at radius 2 is 1.72 bits per heavy atom. The summed E-state index contributed by atoms with van der Waals surface area (Å²) in [6.45, 7) is 4.43. The topological polar surface area (TPSA) is 90.8 Å². The Labute approximate surface area is 146 Å². The molecule has 3 heterocycles. The number of likely N-dealkylation sites (tertiary alicyclic amines) is 2. The lowest BCUT2D eigenvalue weighted by molar-refractivity contribution is -0.135. The first-order valence-electron chi connectivity index (χ1n) is 8.75. The number of aryl methyl sites for hydroxylation is 1. The van der Waals surface area contributed by atoms with Crippen molar-refractivity contribution < 1.29 is 19.5 Å². The van der Waals surface area contributed by atoms with Gasteiger partial charge in [0, 0.05) is 38.3 Å². The highest BCUT2D eigenvalue weighted by Crippen LogP contribution is 2.23. The first-order valence-corrected chi connectivity index (χ1v) is 8.75. The number of piperidine rings is 1. The number of nitrogens with zero attached hydrogens (tertiary/aromatic N) is 3. The fraction of sp³-hybridized carbons (Fsp3) is 0.556. The number of carboxylic acid groups (broad SMARTS) is 1. The molecule has 1 aromatic heterocycles. The van der Waals surface area contributed by atoms with E-state index in [9.17, 15) is 14.4 Å². The van der Waals surface area contributed by atoms with Gasteiger partial charge in [0.25, 0.3) is 5.91 Å². The van der Waals surface area contributed by atoms with E-state index in [1.54, 1.807) is 11.8 Å². The summed E-state index contributed by atoms with van der Waals surface area (Å²) in [4.78, 5) is 44.0. The molecule has 0 atom stereocenters. The van der Waals surface area contributed by atoms with E-state index < -0.39 is 5.97 Å². The van der Waals surface area contributed by atoms with Crippen LogP contribution in [0, 0.1) is 12.8 Å². The van der Waals surface area contributed by atoms with Gasteiger partial charge in [-0.1, -0.05) is 0 Å². The normalized spacial score (nSPS) is 18.4. The highest BCUT2D eigenvalue weighted by molar-refractivity contribution is 5.98. The zero-order chi connectivity index (χ0) is 18.0. The highest BCUT2D eigenvalue weighted by atomic mass is 16.4. The van der Waals surface area contributed by atoms with Gasteiger partial charge in [-0.25, -0.2) is 4.79 Å². The van der Waals surface area contributed by atoms with E-state index in [0.29, 0.717) is 37.2 Å². The summed E-state index contributed by atoms with van der Waals surface area (Å²) >= 11 is 0. The molecule has 7 heteroatoms. The maximum Gasteiger partial charge on any atom is 0.337 e. The van der Waals surface area contributed by atoms with Crippen LogP contribution in [-0.2, 0) is 4.79 Å². The Kier molecular flexibility index (Phi) is 5.01. The minimum absolute atomic E-state index is 0.00745. The molecule has 1 N–H and O–H groups in total. The molecule has 0 bridgehead atoms. The predicted molar refractivity (Wildman–Crippen MR) is 90.4 cm³/mol. The van der Waals surface area contributed by atoms with Crippen LogP contribution < -0.4 is 0 Å². The molecule has 2 aliphatic heterocycles. The number of carboxylic acids is 1. The van der Waals surface area contributed by atoms with Crippen LogP contribution in [0.4, 0.5) is 0 Å². The molecule has 0 aromatic carbocycles. The van der Waals surface area contributed by atoms with Crippen LogP contribution in [0.2, 0.25) is 0 Å². The Morgan fingerprint density at radius 1 is 1.08 bits per heavy atom. The van der Waals surface area contributed by atoms with E-state index in [-0.39, 0.29) is 23.3 Å². The fourth-order valence-corrected chi connectivity index (χ4v) is 3.56. The van der Waals surface area contributed by atoms with Gasteiger partial charge < -0.3 is 14.9 Å². The molecule has 0 unspecified atom stereocenters. The molecule has 2 amide bonds. The SMILES string of the molecule is Cc1ncc(C(=O)O)cc1C(=O)N1CCC(C(=O)N2CCCC2)CC1. The summed E-state index contributed by atoms with van der Waals surface area (Å²) < 4.78 is 0. The summed E-state index contributed by atoms with van der Waals surface area (Å²) in [5, 5.41) is 9.08. The van der Waals surface area contributed by atoms with Crippen LogP contribution in [0.3, 0.4) is 0 Å². The summed E-state index contributed by atoms with van der Waals surface area (Å²) in [5.74, 6) is -1.10. The van der Waals surface area contributed by atoms with Gasteiger partial charge in [-0.05, 0) is 38.7 Å². The Hall–Kier alpha value is -2.44. The number of aromatic carboxylic acids is 1. The molecule has 0 radical (unpaired) electrons. The number of hydrogen-bond donors (Lipinski definition) is 1. The first kappa shape index (κ1) is 17.4. The zero-order valence-corrected chi connectivity index (χ0v) is 14.4. The average Bonchev–Trinajstić information content (AvgIpc) is 3.15. The molecule has 1 aromatic rings. The van der Waals surface area contributed by atoms with Crippen molar-refractivity contribution in [2.24, 2.45) is 5.92 Å². The maximum atomic E-state index is 12.7. The van der Waals surface area contributed by atoms with Crippen LogP contribution in [0.1, 0.15) is 52.1 Å². The largest absolute Gasteiger partial charge is 0.478 e. The Morgan fingerprint density at radius 3 is 2.32 bits per heavy atom. The van der Waals surface area contributed by atoms with Crippen molar-refractivity contribution in [1.82, 2.24) is 14.8 Å². The van der Waals surface area contributed by atoms with E-state index >= 15 is 0 Å². The summed E-state index contributed by atoms with van der Waals surface area (Å²) in [6.07, 6.45) is 4.73. The zero-order valence-electron chi connectivity index (χ0n) is 14.4. The number of carbonyl (C=O) groups is 3. The van der Waals surface area contributed by atoms with Crippen LogP contribution in [0.25, 0.3) is 0 Å². The lowest BCUT2D eigenvalue weighted by Gasteiger charge is -2.33. The molecule has 0 aliphatic carbocycles. The average molecular weight is 345 g/mol. The second kappa shape index (κ2) is 7.21. The van der Waals surface area contributed by atoms with Gasteiger partial charge in [0.2, 0.25) is 5.91 Å². The van der Waals surface area contributed by atoms with Gasteiger partial charge in [0.05, 0.1) is 16.8 Å². The van der Waals surface area contributed by atoms with E-state index in [1.807, 2.05) is 4.90 Å². The van der Waals surface area contributed by atoms with Crippen LogP contribution >= 0.6 is 0 Å². The molecule has 25 heavy (non-hydrogen) atoms. The first-order chi connectivity index (χ1) is 12.0. The van der Waals surface area contributed by atoms with Gasteiger partial charge in [0.15, 0.2) is 0 Å². The molecule has 2 aliphatic rings. The summed E-state index contributed by atoms with van der Waals surface area (Å²) in [6, 6.07) is 1.38. The Balaban J connectivity index is 1.64. The van der Waals surface area contributed by atoms with Crippen molar-refractivity contribution in [3.63, 3.8) is 0 Å². The quantitative estimate of drug-likeness (QED) is 0.898. The number of carbonyl (C=O) groups excluding carboxylic acids is 2. The standard InChI is InChI=1S/C18H23N3O4/c1-12-15(10-14(11-19-12)18(24)25)17(23)21-8-4-13(5-9-21)16(22)20-6-2-3-7-20/h10-11,13H,2-9H2,1H3,(H,24,25). The maximum absolute atomic E-state index is 12.7. The molecule has 2 saturated heterocycles. The number of hydrogen-bond acceptors (Lipinski definition) is 4. The lowest BCUT2D eigenvalue weighted by Crippen LogP contribution is -2.44. The predicted octanol–water partition coefficient (Wildman–Crippen LogP) is 1.56. The smallest absolute Gasteiger partial charge is 0.337 e. The minimum atomic E-state index is -1.10. The van der Waals surface area contributed by atoms with E-state index in [1.165, 1.54) is 12.3 Å². The van der Waals surface area contributed by atoms with Gasteiger partial charge in [-0.15, -0.1) is 0 Å². The van der Waals surface area contributed by atoms with Crippen LogP contribution in [-0.4, -0.2) is 63.9 Å². The highest BCUT2D eigenvalue weighted by Gasteiger charge is 2.32. The second-order valence-electron chi connectivity index (χ2n) is 6.76. The molecule has 7 nitrogen and oxygen atoms in total. The number of aromatic nitrogens is 1. The third kappa shape index (κ3) is 3.65. The Bertz CT molecular complexity index is 690. The van der Waals surface area contributed by atoms with Gasteiger partial charge in [-0.2, -0.15) is 0 Å². The van der Waals surface area contributed by atoms with Crippen molar-refractivity contribution in [3.8, 4) is 0 Å². The van der Waals surface area contributed by atoms with Crippen molar-refractivity contribution >= 4 is 17.8 Å². The molecular formula is C18H23N3O4. The monoisotopic (exact) mass is 345 g/mol. The van der Waals surface area contributed by atoms with Gasteiger partial charge in [-0.3, -0.25) is 14.6 Å². The molecular weight excluding hydrogens is 322 g/mol. The lowest BCUT2D eigenvalue weighted by atomic mass is 9.94. The number of rotatable bonds is 3. The van der Waals surface area contributed by atoms with Gasteiger partial charge >= 0.3 is 5.97 Å². The molecule has 0 spiro atoms. The van der Waals surface area contributed by atoms with E-state index in [4.69, 9.17) is 5.11 Å². The molecule has 2 fully saturated rings. The van der Waals surface area contributed by atoms with Crippen LogP contribution in [0.5, 0.6) is 0 Å². The molecule has 0 saturated carbocycles. The summed E-state index contributed by atoms with van der Waals surface area (Å²) in [7, 11) is 0. The van der Waals surface area contributed by atoms with Crippen molar-refractivity contribution in [2.75, 3.05) is 26.2 Å². The number of amides is 2. The van der Waals surface area contributed by atoms with Crippen molar-refractivity contribution in [3.05, 3.63) is 29.1 Å².